The summed E-state index contributed by atoms with van der Waals surface area (Å²) >= 11 is 0. The van der Waals surface area contributed by atoms with Crippen molar-refractivity contribution in [3.8, 4) is 0 Å². The second kappa shape index (κ2) is 7.90. The molecule has 9 nitrogen and oxygen atoms in total. The third-order valence-electron chi connectivity index (χ3n) is 2.23. The summed E-state index contributed by atoms with van der Waals surface area (Å²) in [5.74, 6) is -2.58. The van der Waals surface area contributed by atoms with E-state index in [2.05, 4.69) is 15.4 Å². The van der Waals surface area contributed by atoms with Crippen molar-refractivity contribution in [1.82, 2.24) is 10.6 Å². The molecule has 1 unspecified atom stereocenters. The third kappa shape index (κ3) is 6.86. The highest BCUT2D eigenvalue weighted by Crippen LogP contribution is 2.00. The van der Waals surface area contributed by atoms with E-state index < -0.39 is 36.0 Å². The highest BCUT2D eigenvalue weighted by molar-refractivity contribution is 5.89. The Morgan fingerprint density at radius 1 is 1.26 bits per heavy atom. The van der Waals surface area contributed by atoms with Crippen LogP contribution in [0.5, 0.6) is 0 Å². The summed E-state index contributed by atoms with van der Waals surface area (Å²) < 4.78 is 4.37. The van der Waals surface area contributed by atoms with Gasteiger partial charge in [-0.05, 0) is 13.3 Å². The molecule has 0 aromatic carbocycles. The number of nitrogens with two attached hydrogens (primary N) is 1. The van der Waals surface area contributed by atoms with Crippen molar-refractivity contribution < 1.29 is 29.0 Å². The number of amides is 3. The summed E-state index contributed by atoms with van der Waals surface area (Å²) in [6.07, 6.45) is -0.261. The molecule has 2 atom stereocenters. The Kier molecular flexibility index (Phi) is 6.94. The lowest BCUT2D eigenvalue weighted by Crippen LogP contribution is -2.51. The highest BCUT2D eigenvalue weighted by atomic mass is 16.5. The number of carboxylic acid groups (broad SMARTS) is 1. The maximum Gasteiger partial charge on any atom is 0.326 e. The Hall–Kier alpha value is -2.32. The first kappa shape index (κ1) is 16.7. The minimum absolute atomic E-state index is 0.114. The van der Waals surface area contributed by atoms with Crippen molar-refractivity contribution in [3.05, 3.63) is 0 Å². The number of primary amides is 1. The minimum atomic E-state index is -1.29. The zero-order valence-corrected chi connectivity index (χ0v) is 10.6. The molecule has 0 radical (unpaired) electrons. The van der Waals surface area contributed by atoms with Gasteiger partial charge >= 0.3 is 18.0 Å². The van der Waals surface area contributed by atoms with Crippen LogP contribution in [0.4, 0.5) is 4.79 Å². The van der Waals surface area contributed by atoms with Gasteiger partial charge in [0, 0.05) is 6.42 Å². The number of carbonyl (C=O) groups is 4. The molecule has 0 spiro atoms. The Balaban J connectivity index is 4.41. The molecule has 0 aliphatic rings. The molecule has 108 valence electrons. The number of hydrogen-bond donors (Lipinski definition) is 4. The van der Waals surface area contributed by atoms with Crippen LogP contribution in [0.25, 0.3) is 0 Å². The number of methoxy groups -OCH3 is 1. The fraction of sp³-hybridized carbons (Fsp3) is 0.600. The Labute approximate surface area is 109 Å². The average Bonchev–Trinajstić information content (AvgIpc) is 2.32. The SMILES string of the molecule is COC(=O)CC[C@H](NC(=O)C(C)NC(N)=O)C(=O)O. The Bertz CT molecular complexity index is 370. The molecule has 3 amide bonds. The lowest BCUT2D eigenvalue weighted by molar-refractivity contribution is -0.144. The predicted molar refractivity (Wildman–Crippen MR) is 63.0 cm³/mol. The van der Waals surface area contributed by atoms with Gasteiger partial charge < -0.3 is 26.2 Å². The van der Waals surface area contributed by atoms with Gasteiger partial charge in [0.05, 0.1) is 7.11 Å². The molecule has 0 bridgehead atoms. The number of ether oxygens (including phenoxy) is 1. The van der Waals surface area contributed by atoms with Crippen LogP contribution in [-0.2, 0) is 19.1 Å². The Morgan fingerprint density at radius 2 is 1.84 bits per heavy atom. The average molecular weight is 275 g/mol. The van der Waals surface area contributed by atoms with Crippen LogP contribution in [0, 0.1) is 0 Å². The second-order valence-corrected chi connectivity index (χ2v) is 3.74. The lowest BCUT2D eigenvalue weighted by Gasteiger charge is -2.17. The number of carbonyl (C=O) groups excluding carboxylic acids is 3. The van der Waals surface area contributed by atoms with Crippen LogP contribution >= 0.6 is 0 Å². The molecule has 9 heteroatoms. The summed E-state index contributed by atoms with van der Waals surface area (Å²) in [6, 6.07) is -3.12. The van der Waals surface area contributed by atoms with Crippen molar-refractivity contribution in [1.29, 1.82) is 0 Å². The van der Waals surface area contributed by atoms with Crippen molar-refractivity contribution in [2.24, 2.45) is 5.73 Å². The number of carboxylic acids is 1. The van der Waals surface area contributed by atoms with Gasteiger partial charge in [-0.2, -0.15) is 0 Å². The maximum absolute atomic E-state index is 11.5. The molecule has 0 aromatic heterocycles. The van der Waals surface area contributed by atoms with E-state index in [1.807, 2.05) is 0 Å². The van der Waals surface area contributed by atoms with E-state index in [0.717, 1.165) is 0 Å². The predicted octanol–water partition coefficient (Wildman–Crippen LogP) is -1.43. The van der Waals surface area contributed by atoms with Crippen molar-refractivity contribution in [3.63, 3.8) is 0 Å². The van der Waals surface area contributed by atoms with Crippen LogP contribution in [0.3, 0.4) is 0 Å². The van der Waals surface area contributed by atoms with E-state index in [0.29, 0.717) is 0 Å². The molecule has 0 saturated heterocycles. The van der Waals surface area contributed by atoms with Gasteiger partial charge in [0.25, 0.3) is 0 Å². The zero-order valence-electron chi connectivity index (χ0n) is 10.6. The van der Waals surface area contributed by atoms with E-state index in [1.54, 1.807) is 0 Å². The molecule has 19 heavy (non-hydrogen) atoms. The van der Waals surface area contributed by atoms with E-state index in [4.69, 9.17) is 10.8 Å². The molecule has 0 aliphatic carbocycles. The van der Waals surface area contributed by atoms with Gasteiger partial charge in [-0.3, -0.25) is 9.59 Å². The van der Waals surface area contributed by atoms with E-state index in [-0.39, 0.29) is 12.8 Å². The molecule has 0 heterocycles. The summed E-state index contributed by atoms with van der Waals surface area (Å²) in [5.41, 5.74) is 4.83. The molecular formula is C10H17N3O6. The molecule has 0 rings (SSSR count). The zero-order chi connectivity index (χ0) is 15.0. The maximum atomic E-state index is 11.5. The van der Waals surface area contributed by atoms with Crippen LogP contribution < -0.4 is 16.4 Å². The third-order valence-corrected chi connectivity index (χ3v) is 2.23. The van der Waals surface area contributed by atoms with Gasteiger partial charge in [-0.1, -0.05) is 0 Å². The second-order valence-electron chi connectivity index (χ2n) is 3.74. The van der Waals surface area contributed by atoms with Crippen molar-refractivity contribution >= 4 is 23.9 Å². The summed E-state index contributed by atoms with van der Waals surface area (Å²) in [4.78, 5) is 43.9. The normalized spacial score (nSPS) is 12.9. The standard InChI is InChI=1S/C10H17N3O6/c1-5(12-10(11)18)8(15)13-6(9(16)17)3-4-7(14)19-2/h5-6H,3-4H2,1-2H3,(H,13,15)(H,16,17)(H3,11,12,18)/t5?,6-/m0/s1. The summed E-state index contributed by atoms with van der Waals surface area (Å²) in [6.45, 7) is 1.35. The molecule has 0 aliphatic heterocycles. The molecule has 0 saturated carbocycles. The van der Waals surface area contributed by atoms with Gasteiger partial charge in [0.15, 0.2) is 0 Å². The lowest BCUT2D eigenvalue weighted by atomic mass is 10.1. The van der Waals surface area contributed by atoms with Crippen LogP contribution in [0.2, 0.25) is 0 Å². The number of hydrogen-bond acceptors (Lipinski definition) is 5. The number of rotatable bonds is 7. The van der Waals surface area contributed by atoms with Crippen LogP contribution in [0.1, 0.15) is 19.8 Å². The first-order valence-corrected chi connectivity index (χ1v) is 5.44. The fourth-order valence-corrected chi connectivity index (χ4v) is 1.20. The van der Waals surface area contributed by atoms with Crippen molar-refractivity contribution in [2.45, 2.75) is 31.8 Å². The smallest absolute Gasteiger partial charge is 0.326 e. The molecule has 0 aromatic rings. The topological polar surface area (TPSA) is 148 Å². The van der Waals surface area contributed by atoms with E-state index in [1.165, 1.54) is 14.0 Å². The Morgan fingerprint density at radius 3 is 2.26 bits per heavy atom. The van der Waals surface area contributed by atoms with Crippen LogP contribution in [-0.4, -0.2) is 48.2 Å². The number of aliphatic carboxylic acids is 1. The van der Waals surface area contributed by atoms with E-state index >= 15 is 0 Å². The highest BCUT2D eigenvalue weighted by Gasteiger charge is 2.24. The van der Waals surface area contributed by atoms with Crippen LogP contribution in [0.15, 0.2) is 0 Å². The summed E-state index contributed by atoms with van der Waals surface area (Å²) in [7, 11) is 1.18. The molecular weight excluding hydrogens is 258 g/mol. The molecule has 5 N–H and O–H groups in total. The first-order chi connectivity index (χ1) is 8.77. The minimum Gasteiger partial charge on any atom is -0.480 e. The largest absolute Gasteiger partial charge is 0.480 e. The number of urea groups is 1. The van der Waals surface area contributed by atoms with Gasteiger partial charge in [0.2, 0.25) is 5.91 Å². The van der Waals surface area contributed by atoms with E-state index in [9.17, 15) is 19.2 Å². The van der Waals surface area contributed by atoms with Gasteiger partial charge in [-0.25, -0.2) is 9.59 Å². The number of nitrogens with one attached hydrogen (secondary N) is 2. The quantitative estimate of drug-likeness (QED) is 0.418. The fourth-order valence-electron chi connectivity index (χ4n) is 1.20. The summed E-state index contributed by atoms with van der Waals surface area (Å²) in [5, 5.41) is 13.2. The van der Waals surface area contributed by atoms with Gasteiger partial charge in [0.1, 0.15) is 12.1 Å². The first-order valence-electron chi connectivity index (χ1n) is 5.44. The monoisotopic (exact) mass is 275 g/mol. The van der Waals surface area contributed by atoms with Crippen molar-refractivity contribution in [2.75, 3.05) is 7.11 Å². The number of esters is 1. The molecule has 0 fully saturated rings. The van der Waals surface area contributed by atoms with Gasteiger partial charge in [-0.15, -0.1) is 0 Å².